The highest BCUT2D eigenvalue weighted by molar-refractivity contribution is 9.11. The highest BCUT2D eigenvalue weighted by atomic mass is 79.9. The molecule has 0 rings (SSSR count). The highest BCUT2D eigenvalue weighted by Crippen LogP contribution is 1.96. The van der Waals surface area contributed by atoms with Crippen molar-refractivity contribution < 1.29 is 4.79 Å². The van der Waals surface area contributed by atoms with Crippen LogP contribution in [0.25, 0.3) is 0 Å². The SMILES string of the molecule is C#CCC(=O)NCC(=C)Br. The molecule has 0 atom stereocenters. The van der Waals surface area contributed by atoms with E-state index < -0.39 is 0 Å². The first-order valence-electron chi connectivity index (χ1n) is 2.70. The summed E-state index contributed by atoms with van der Waals surface area (Å²) in [5.41, 5.74) is 0. The summed E-state index contributed by atoms with van der Waals surface area (Å²) in [5, 5.41) is 2.56. The zero-order chi connectivity index (χ0) is 7.98. The first-order chi connectivity index (χ1) is 4.66. The van der Waals surface area contributed by atoms with Gasteiger partial charge in [-0.2, -0.15) is 0 Å². The molecule has 0 aliphatic carbocycles. The topological polar surface area (TPSA) is 29.1 Å². The second-order valence-electron chi connectivity index (χ2n) is 1.67. The minimum atomic E-state index is -0.150. The molecule has 10 heavy (non-hydrogen) atoms. The van der Waals surface area contributed by atoms with Gasteiger partial charge in [0.2, 0.25) is 5.91 Å². The van der Waals surface area contributed by atoms with Crippen LogP contribution in [0.3, 0.4) is 0 Å². The number of halogens is 1. The fraction of sp³-hybridized carbons (Fsp3) is 0.286. The van der Waals surface area contributed by atoms with Gasteiger partial charge in [0.25, 0.3) is 0 Å². The van der Waals surface area contributed by atoms with Crippen LogP contribution in [0.2, 0.25) is 0 Å². The van der Waals surface area contributed by atoms with Crippen molar-refractivity contribution in [3.8, 4) is 12.3 Å². The van der Waals surface area contributed by atoms with Crippen molar-refractivity contribution >= 4 is 21.8 Å². The fourth-order valence-electron chi connectivity index (χ4n) is 0.350. The van der Waals surface area contributed by atoms with E-state index in [-0.39, 0.29) is 12.3 Å². The maximum atomic E-state index is 10.6. The Bertz CT molecular complexity index is 181. The van der Waals surface area contributed by atoms with Crippen molar-refractivity contribution in [3.05, 3.63) is 11.1 Å². The molecule has 1 N–H and O–H groups in total. The molecular weight excluding hydrogens is 194 g/mol. The number of hydrogen-bond acceptors (Lipinski definition) is 1. The quantitative estimate of drug-likeness (QED) is 0.680. The van der Waals surface area contributed by atoms with Crippen molar-refractivity contribution in [2.75, 3.05) is 6.54 Å². The van der Waals surface area contributed by atoms with Gasteiger partial charge in [-0.25, -0.2) is 0 Å². The second-order valence-corrected chi connectivity index (χ2v) is 2.80. The van der Waals surface area contributed by atoms with Crippen molar-refractivity contribution in [1.29, 1.82) is 0 Å². The number of carbonyl (C=O) groups is 1. The van der Waals surface area contributed by atoms with Gasteiger partial charge in [0.05, 0.1) is 6.42 Å². The Morgan fingerprint density at radius 2 is 2.40 bits per heavy atom. The lowest BCUT2D eigenvalue weighted by Gasteiger charge is -1.98. The van der Waals surface area contributed by atoms with E-state index in [0.717, 1.165) is 4.48 Å². The highest BCUT2D eigenvalue weighted by Gasteiger charge is 1.95. The smallest absolute Gasteiger partial charge is 0.232 e. The van der Waals surface area contributed by atoms with Crippen LogP contribution in [0.15, 0.2) is 11.1 Å². The summed E-state index contributed by atoms with van der Waals surface area (Å²) in [4.78, 5) is 10.6. The van der Waals surface area contributed by atoms with E-state index in [0.29, 0.717) is 6.54 Å². The third-order valence-corrected chi connectivity index (χ3v) is 1.02. The lowest BCUT2D eigenvalue weighted by atomic mass is 10.4. The lowest BCUT2D eigenvalue weighted by Crippen LogP contribution is -2.23. The summed E-state index contributed by atoms with van der Waals surface area (Å²) in [5.74, 6) is 2.08. The average molecular weight is 202 g/mol. The molecule has 0 saturated heterocycles. The van der Waals surface area contributed by atoms with Crippen LogP contribution in [0.4, 0.5) is 0 Å². The number of terminal acetylenes is 1. The molecule has 0 aliphatic rings. The van der Waals surface area contributed by atoms with E-state index >= 15 is 0 Å². The third kappa shape index (κ3) is 5.39. The van der Waals surface area contributed by atoms with E-state index in [1.807, 2.05) is 0 Å². The molecule has 0 aliphatic heterocycles. The van der Waals surface area contributed by atoms with Crippen LogP contribution in [0, 0.1) is 12.3 Å². The van der Waals surface area contributed by atoms with Gasteiger partial charge < -0.3 is 5.32 Å². The second kappa shape index (κ2) is 5.07. The maximum Gasteiger partial charge on any atom is 0.232 e. The standard InChI is InChI=1S/C7H8BrNO/c1-3-4-7(10)9-5-6(2)8/h1H,2,4-5H2,(H,9,10). The molecule has 3 heteroatoms. The van der Waals surface area contributed by atoms with E-state index in [2.05, 4.69) is 33.7 Å². The predicted octanol–water partition coefficient (Wildman–Crippen LogP) is 1.03. The van der Waals surface area contributed by atoms with Crippen LogP contribution in [0.1, 0.15) is 6.42 Å². The van der Waals surface area contributed by atoms with Crippen LogP contribution >= 0.6 is 15.9 Å². The Hall–Kier alpha value is -0.750. The number of hydrogen-bond donors (Lipinski definition) is 1. The molecule has 0 saturated carbocycles. The fourth-order valence-corrected chi connectivity index (χ4v) is 0.490. The monoisotopic (exact) mass is 201 g/mol. The van der Waals surface area contributed by atoms with Crippen molar-refractivity contribution in [2.24, 2.45) is 0 Å². The molecule has 0 bridgehead atoms. The van der Waals surface area contributed by atoms with Gasteiger partial charge in [0, 0.05) is 11.0 Å². The Labute approximate surface area is 68.8 Å². The summed E-state index contributed by atoms with van der Waals surface area (Å²) in [6.45, 7) is 3.97. The Morgan fingerprint density at radius 1 is 1.80 bits per heavy atom. The summed E-state index contributed by atoms with van der Waals surface area (Å²) in [6.07, 6.45) is 5.02. The molecule has 54 valence electrons. The summed E-state index contributed by atoms with van der Waals surface area (Å²) < 4.78 is 0.734. The Balaban J connectivity index is 3.42. The van der Waals surface area contributed by atoms with Crippen LogP contribution in [-0.4, -0.2) is 12.5 Å². The Kier molecular flexibility index (Phi) is 4.69. The van der Waals surface area contributed by atoms with Crippen molar-refractivity contribution in [2.45, 2.75) is 6.42 Å². The molecule has 0 unspecified atom stereocenters. The summed E-state index contributed by atoms with van der Waals surface area (Å²) >= 11 is 3.09. The largest absolute Gasteiger partial charge is 0.351 e. The number of carbonyl (C=O) groups excluding carboxylic acids is 1. The first kappa shape index (κ1) is 9.25. The van der Waals surface area contributed by atoms with Crippen LogP contribution < -0.4 is 5.32 Å². The summed E-state index contributed by atoms with van der Waals surface area (Å²) in [6, 6.07) is 0. The van der Waals surface area contributed by atoms with Gasteiger partial charge in [-0.05, 0) is 0 Å². The molecule has 2 nitrogen and oxygen atoms in total. The molecular formula is C7H8BrNO. The van der Waals surface area contributed by atoms with E-state index in [9.17, 15) is 4.79 Å². The van der Waals surface area contributed by atoms with E-state index in [4.69, 9.17) is 6.42 Å². The van der Waals surface area contributed by atoms with Gasteiger partial charge in [-0.1, -0.05) is 28.4 Å². The molecule has 0 heterocycles. The van der Waals surface area contributed by atoms with Gasteiger partial charge in [0.1, 0.15) is 0 Å². The van der Waals surface area contributed by atoms with E-state index in [1.165, 1.54) is 0 Å². The number of rotatable bonds is 3. The molecule has 0 aromatic carbocycles. The van der Waals surface area contributed by atoms with Crippen molar-refractivity contribution in [1.82, 2.24) is 5.32 Å². The summed E-state index contributed by atoms with van der Waals surface area (Å²) in [7, 11) is 0. The zero-order valence-electron chi connectivity index (χ0n) is 5.48. The van der Waals surface area contributed by atoms with Crippen LogP contribution in [-0.2, 0) is 4.79 Å². The van der Waals surface area contributed by atoms with Gasteiger partial charge in [-0.3, -0.25) is 4.79 Å². The van der Waals surface area contributed by atoms with Crippen LogP contribution in [0.5, 0.6) is 0 Å². The molecule has 0 aromatic heterocycles. The first-order valence-corrected chi connectivity index (χ1v) is 3.49. The van der Waals surface area contributed by atoms with E-state index in [1.54, 1.807) is 0 Å². The molecule has 0 aromatic rings. The number of nitrogens with one attached hydrogen (secondary N) is 1. The molecule has 1 amide bonds. The van der Waals surface area contributed by atoms with Gasteiger partial charge in [-0.15, -0.1) is 6.42 Å². The third-order valence-electron chi connectivity index (χ3n) is 0.740. The number of amides is 1. The van der Waals surface area contributed by atoms with Crippen molar-refractivity contribution in [3.63, 3.8) is 0 Å². The molecule has 0 radical (unpaired) electrons. The van der Waals surface area contributed by atoms with Gasteiger partial charge >= 0.3 is 0 Å². The average Bonchev–Trinajstić information content (AvgIpc) is 1.85. The lowest BCUT2D eigenvalue weighted by molar-refractivity contribution is -0.119. The normalized spacial score (nSPS) is 8.00. The predicted molar refractivity (Wildman–Crippen MR) is 44.5 cm³/mol. The minimum Gasteiger partial charge on any atom is -0.351 e. The molecule has 0 spiro atoms. The maximum absolute atomic E-state index is 10.6. The van der Waals surface area contributed by atoms with Gasteiger partial charge in [0.15, 0.2) is 0 Å². The Morgan fingerprint density at radius 3 is 2.80 bits per heavy atom. The minimum absolute atomic E-state index is 0.125. The zero-order valence-corrected chi connectivity index (χ0v) is 7.07. The molecule has 0 fully saturated rings.